The summed E-state index contributed by atoms with van der Waals surface area (Å²) in [5.41, 5.74) is 0. The third-order valence-electron chi connectivity index (χ3n) is 3.46. The molecule has 0 aromatic carbocycles. The molecule has 2 nitrogen and oxygen atoms in total. The van der Waals surface area contributed by atoms with Crippen LogP contribution in [-0.4, -0.2) is 22.9 Å². The van der Waals surface area contributed by atoms with Gasteiger partial charge in [-0.2, -0.15) is 0 Å². The predicted octanol–water partition coefficient (Wildman–Crippen LogP) is 2.58. The maximum absolute atomic E-state index is 12.2. The van der Waals surface area contributed by atoms with Crippen molar-refractivity contribution < 1.29 is 4.79 Å². The zero-order chi connectivity index (χ0) is 10.1. The standard InChI is InChI=1S/C12H21NO/c1-9(2)13(11-7-8-11)12(14)10-5-3-4-6-10/h9-11H,3-8H2,1-2H3. The van der Waals surface area contributed by atoms with Crippen molar-refractivity contribution in [3.05, 3.63) is 0 Å². The normalized spacial score (nSPS) is 23.1. The van der Waals surface area contributed by atoms with E-state index >= 15 is 0 Å². The zero-order valence-corrected chi connectivity index (χ0v) is 9.33. The summed E-state index contributed by atoms with van der Waals surface area (Å²) in [6.45, 7) is 4.29. The topological polar surface area (TPSA) is 20.3 Å². The molecule has 0 spiro atoms. The molecule has 2 fully saturated rings. The number of amides is 1. The molecule has 2 aliphatic carbocycles. The lowest BCUT2D eigenvalue weighted by Gasteiger charge is -2.29. The first kappa shape index (κ1) is 10.0. The summed E-state index contributed by atoms with van der Waals surface area (Å²) in [5.74, 6) is 0.804. The van der Waals surface area contributed by atoms with Crippen LogP contribution in [-0.2, 0) is 4.79 Å². The number of carbonyl (C=O) groups excluding carboxylic acids is 1. The van der Waals surface area contributed by atoms with Crippen molar-refractivity contribution in [3.63, 3.8) is 0 Å². The summed E-state index contributed by atoms with van der Waals surface area (Å²) in [6.07, 6.45) is 7.25. The van der Waals surface area contributed by atoms with Crippen molar-refractivity contribution in [2.45, 2.75) is 64.5 Å². The van der Waals surface area contributed by atoms with Crippen molar-refractivity contribution in [3.8, 4) is 0 Å². The van der Waals surface area contributed by atoms with Crippen LogP contribution in [0.25, 0.3) is 0 Å². The average molecular weight is 195 g/mol. The van der Waals surface area contributed by atoms with E-state index in [-0.39, 0.29) is 0 Å². The molecule has 0 aliphatic heterocycles. The third-order valence-corrected chi connectivity index (χ3v) is 3.46. The first-order chi connectivity index (χ1) is 6.70. The van der Waals surface area contributed by atoms with Gasteiger partial charge in [0, 0.05) is 18.0 Å². The summed E-state index contributed by atoms with van der Waals surface area (Å²) in [6, 6.07) is 0.985. The maximum atomic E-state index is 12.2. The van der Waals surface area contributed by atoms with Crippen LogP contribution in [0, 0.1) is 5.92 Å². The van der Waals surface area contributed by atoms with E-state index in [4.69, 9.17) is 0 Å². The number of hydrogen-bond donors (Lipinski definition) is 0. The molecule has 14 heavy (non-hydrogen) atoms. The van der Waals surface area contributed by atoms with Crippen LogP contribution >= 0.6 is 0 Å². The molecule has 0 heterocycles. The highest BCUT2D eigenvalue weighted by Crippen LogP contribution is 2.34. The van der Waals surface area contributed by atoms with Crippen molar-refractivity contribution in [2.24, 2.45) is 5.92 Å². The lowest BCUT2D eigenvalue weighted by Crippen LogP contribution is -2.41. The molecule has 0 saturated heterocycles. The van der Waals surface area contributed by atoms with Gasteiger partial charge in [0.25, 0.3) is 0 Å². The van der Waals surface area contributed by atoms with E-state index in [0.29, 0.717) is 23.9 Å². The number of nitrogens with zero attached hydrogens (tertiary/aromatic N) is 1. The van der Waals surface area contributed by atoms with Crippen molar-refractivity contribution in [1.29, 1.82) is 0 Å². The molecule has 2 heteroatoms. The van der Waals surface area contributed by atoms with Crippen LogP contribution in [0.5, 0.6) is 0 Å². The van der Waals surface area contributed by atoms with E-state index < -0.39 is 0 Å². The molecule has 0 unspecified atom stereocenters. The smallest absolute Gasteiger partial charge is 0.226 e. The molecule has 0 aromatic heterocycles. The minimum atomic E-state index is 0.359. The predicted molar refractivity (Wildman–Crippen MR) is 57.0 cm³/mol. The number of rotatable bonds is 3. The zero-order valence-electron chi connectivity index (χ0n) is 9.33. The van der Waals surface area contributed by atoms with E-state index in [9.17, 15) is 4.79 Å². The Morgan fingerprint density at radius 2 is 1.71 bits per heavy atom. The van der Waals surface area contributed by atoms with Gasteiger partial charge in [0.05, 0.1) is 0 Å². The van der Waals surface area contributed by atoms with Gasteiger partial charge in [-0.25, -0.2) is 0 Å². The molecule has 0 radical (unpaired) electrons. The van der Waals surface area contributed by atoms with Crippen LogP contribution in [0.1, 0.15) is 52.4 Å². The SMILES string of the molecule is CC(C)N(C(=O)C1CCCC1)C1CC1. The molecule has 0 bridgehead atoms. The summed E-state index contributed by atoms with van der Waals surface area (Å²) >= 11 is 0. The second-order valence-corrected chi connectivity index (χ2v) is 5.05. The molecular formula is C12H21NO. The largest absolute Gasteiger partial charge is 0.337 e. The van der Waals surface area contributed by atoms with E-state index in [1.807, 2.05) is 0 Å². The van der Waals surface area contributed by atoms with Crippen LogP contribution < -0.4 is 0 Å². The Hall–Kier alpha value is -0.530. The molecular weight excluding hydrogens is 174 g/mol. The minimum absolute atomic E-state index is 0.359. The van der Waals surface area contributed by atoms with Crippen molar-refractivity contribution >= 4 is 5.91 Å². The third kappa shape index (κ3) is 1.94. The van der Waals surface area contributed by atoms with Gasteiger partial charge in [-0.1, -0.05) is 12.8 Å². The second kappa shape index (κ2) is 3.92. The first-order valence-corrected chi connectivity index (χ1v) is 6.02. The van der Waals surface area contributed by atoms with Crippen LogP contribution in [0.15, 0.2) is 0 Å². The van der Waals surface area contributed by atoms with Gasteiger partial charge in [0.2, 0.25) is 5.91 Å². The van der Waals surface area contributed by atoms with E-state index in [0.717, 1.165) is 12.8 Å². The minimum Gasteiger partial charge on any atom is -0.337 e. The van der Waals surface area contributed by atoms with E-state index in [1.165, 1.54) is 25.7 Å². The van der Waals surface area contributed by atoms with Crippen LogP contribution in [0.2, 0.25) is 0 Å². The lowest BCUT2D eigenvalue weighted by molar-refractivity contribution is -0.137. The Morgan fingerprint density at radius 3 is 2.14 bits per heavy atom. The summed E-state index contributed by atoms with van der Waals surface area (Å²) < 4.78 is 0. The quantitative estimate of drug-likeness (QED) is 0.677. The monoisotopic (exact) mass is 195 g/mol. The van der Waals surface area contributed by atoms with Gasteiger partial charge in [-0.15, -0.1) is 0 Å². The molecule has 0 atom stereocenters. The highest BCUT2D eigenvalue weighted by atomic mass is 16.2. The maximum Gasteiger partial charge on any atom is 0.226 e. The fraction of sp³-hybridized carbons (Fsp3) is 0.917. The molecule has 0 N–H and O–H groups in total. The summed E-state index contributed by atoms with van der Waals surface area (Å²) in [7, 11) is 0. The molecule has 1 amide bonds. The van der Waals surface area contributed by atoms with Gasteiger partial charge >= 0.3 is 0 Å². The van der Waals surface area contributed by atoms with Gasteiger partial charge in [0.1, 0.15) is 0 Å². The Bertz CT molecular complexity index is 212. The van der Waals surface area contributed by atoms with Crippen molar-refractivity contribution in [1.82, 2.24) is 4.90 Å². The van der Waals surface area contributed by atoms with Gasteiger partial charge < -0.3 is 4.90 Å². The fourth-order valence-electron chi connectivity index (χ4n) is 2.59. The fourth-order valence-corrected chi connectivity index (χ4v) is 2.59. The highest BCUT2D eigenvalue weighted by molar-refractivity contribution is 5.80. The van der Waals surface area contributed by atoms with Gasteiger partial charge in [-0.05, 0) is 39.5 Å². The first-order valence-electron chi connectivity index (χ1n) is 6.02. The Labute approximate surface area is 86.7 Å². The molecule has 80 valence electrons. The Balaban J connectivity index is 1.98. The van der Waals surface area contributed by atoms with Gasteiger partial charge in [-0.3, -0.25) is 4.79 Å². The lowest BCUT2D eigenvalue weighted by atomic mass is 10.1. The number of carbonyl (C=O) groups is 1. The van der Waals surface area contributed by atoms with E-state index in [1.54, 1.807) is 0 Å². The molecule has 2 rings (SSSR count). The number of hydrogen-bond acceptors (Lipinski definition) is 1. The summed E-state index contributed by atoms with van der Waals surface area (Å²) in [5, 5.41) is 0. The van der Waals surface area contributed by atoms with E-state index in [2.05, 4.69) is 18.7 Å². The van der Waals surface area contributed by atoms with Crippen LogP contribution in [0.4, 0.5) is 0 Å². The van der Waals surface area contributed by atoms with Crippen LogP contribution in [0.3, 0.4) is 0 Å². The molecule has 2 aliphatic rings. The second-order valence-electron chi connectivity index (χ2n) is 5.05. The Morgan fingerprint density at radius 1 is 1.14 bits per heavy atom. The van der Waals surface area contributed by atoms with Gasteiger partial charge in [0.15, 0.2) is 0 Å². The summed E-state index contributed by atoms with van der Waals surface area (Å²) in [4.78, 5) is 14.3. The van der Waals surface area contributed by atoms with Crippen molar-refractivity contribution in [2.75, 3.05) is 0 Å². The highest BCUT2D eigenvalue weighted by Gasteiger charge is 2.37. The Kier molecular flexibility index (Phi) is 2.80. The average Bonchev–Trinajstić information content (AvgIpc) is 2.82. The molecule has 2 saturated carbocycles. The molecule has 0 aromatic rings.